The zero-order valence-electron chi connectivity index (χ0n) is 20.1. The summed E-state index contributed by atoms with van der Waals surface area (Å²) in [4.78, 5) is 30.4. The Labute approximate surface area is 208 Å². The van der Waals surface area contributed by atoms with Gasteiger partial charge in [-0.3, -0.25) is 14.5 Å². The number of carbonyl (C=O) groups excluding carboxylic acids is 2. The van der Waals surface area contributed by atoms with Gasteiger partial charge in [0.15, 0.2) is 0 Å². The van der Waals surface area contributed by atoms with E-state index in [4.69, 9.17) is 13.7 Å². The van der Waals surface area contributed by atoms with Crippen LogP contribution in [0.2, 0.25) is 0 Å². The molecule has 0 aliphatic carbocycles. The molecule has 1 aliphatic heterocycles. The maximum atomic E-state index is 13.5. The number of ether oxygens (including phenoxy) is 1. The standard InChI is InChI=1S/C27H28N4O5/c1-34-24-17-20(36-29-24)11-12-23(32)28-25-21-9-5-6-10-22(21)35-26(25)27(33)31-15-13-30(14-16-31)18-19-7-3-2-4-8-19/h2-10,17H,11-16,18H2,1H3,(H,28,32). The molecular weight excluding hydrogens is 460 g/mol. The second kappa shape index (κ2) is 10.7. The molecule has 4 aromatic rings. The van der Waals surface area contributed by atoms with Crippen molar-refractivity contribution in [2.45, 2.75) is 19.4 Å². The Morgan fingerprint density at radius 3 is 2.53 bits per heavy atom. The second-order valence-corrected chi connectivity index (χ2v) is 8.74. The Morgan fingerprint density at radius 1 is 1.03 bits per heavy atom. The zero-order chi connectivity index (χ0) is 24.9. The number of nitrogens with one attached hydrogen (secondary N) is 1. The smallest absolute Gasteiger partial charge is 0.291 e. The third-order valence-electron chi connectivity index (χ3n) is 6.31. The maximum Gasteiger partial charge on any atom is 0.291 e. The molecule has 0 atom stereocenters. The molecule has 2 amide bonds. The van der Waals surface area contributed by atoms with E-state index in [9.17, 15) is 9.59 Å². The number of aromatic nitrogens is 1. The first-order valence-corrected chi connectivity index (χ1v) is 12.0. The number of fused-ring (bicyclic) bond motifs is 1. The molecule has 1 aliphatic rings. The number of methoxy groups -OCH3 is 1. The Morgan fingerprint density at radius 2 is 1.78 bits per heavy atom. The lowest BCUT2D eigenvalue weighted by Gasteiger charge is -2.34. The first-order valence-electron chi connectivity index (χ1n) is 12.0. The fraction of sp³-hybridized carbons (Fsp3) is 0.296. The predicted molar refractivity (Wildman–Crippen MR) is 134 cm³/mol. The van der Waals surface area contributed by atoms with Crippen LogP contribution in [0.3, 0.4) is 0 Å². The number of carbonyl (C=O) groups is 2. The van der Waals surface area contributed by atoms with Crippen molar-refractivity contribution in [2.75, 3.05) is 38.6 Å². The number of hydrogen-bond acceptors (Lipinski definition) is 7. The molecule has 0 bridgehead atoms. The van der Waals surface area contributed by atoms with Crippen molar-refractivity contribution < 1.29 is 23.3 Å². The predicted octanol–water partition coefficient (Wildman–Crippen LogP) is 3.96. The van der Waals surface area contributed by atoms with Crippen LogP contribution in [0, 0.1) is 0 Å². The molecule has 9 heteroatoms. The number of anilines is 1. The lowest BCUT2D eigenvalue weighted by atomic mass is 10.1. The van der Waals surface area contributed by atoms with Crippen molar-refractivity contribution in [1.82, 2.24) is 15.0 Å². The van der Waals surface area contributed by atoms with E-state index in [0.717, 1.165) is 19.6 Å². The molecule has 2 aromatic carbocycles. The van der Waals surface area contributed by atoms with Gasteiger partial charge in [0.25, 0.3) is 11.8 Å². The van der Waals surface area contributed by atoms with Crippen molar-refractivity contribution in [3.05, 3.63) is 77.7 Å². The number of benzene rings is 2. The molecule has 5 rings (SSSR count). The largest absolute Gasteiger partial charge is 0.479 e. The first kappa shape index (κ1) is 23.6. The normalized spacial score (nSPS) is 14.2. The molecular formula is C27H28N4O5. The van der Waals surface area contributed by atoms with Crippen LogP contribution in [0.5, 0.6) is 5.88 Å². The van der Waals surface area contributed by atoms with Gasteiger partial charge in [-0.15, -0.1) is 0 Å². The van der Waals surface area contributed by atoms with Gasteiger partial charge in [-0.05, 0) is 22.9 Å². The first-order chi connectivity index (χ1) is 17.6. The summed E-state index contributed by atoms with van der Waals surface area (Å²) in [5.41, 5.74) is 2.21. The van der Waals surface area contributed by atoms with Gasteiger partial charge in [-0.25, -0.2) is 0 Å². The number of hydrogen-bond donors (Lipinski definition) is 1. The van der Waals surface area contributed by atoms with E-state index in [-0.39, 0.29) is 24.0 Å². The third kappa shape index (κ3) is 5.26. The minimum absolute atomic E-state index is 0.155. The molecule has 1 fully saturated rings. The number of aryl methyl sites for hydroxylation is 1. The highest BCUT2D eigenvalue weighted by Gasteiger charge is 2.29. The van der Waals surface area contributed by atoms with Crippen LogP contribution in [-0.2, 0) is 17.8 Å². The minimum atomic E-state index is -0.251. The Bertz CT molecular complexity index is 1340. The second-order valence-electron chi connectivity index (χ2n) is 8.74. The average molecular weight is 489 g/mol. The lowest BCUT2D eigenvalue weighted by Crippen LogP contribution is -2.48. The topological polar surface area (TPSA) is 101 Å². The number of nitrogens with zero attached hydrogens (tertiary/aromatic N) is 3. The van der Waals surface area contributed by atoms with E-state index in [2.05, 4.69) is 27.5 Å². The van der Waals surface area contributed by atoms with Crippen molar-refractivity contribution in [3.63, 3.8) is 0 Å². The van der Waals surface area contributed by atoms with Crippen LogP contribution in [0.1, 0.15) is 28.3 Å². The van der Waals surface area contributed by atoms with Gasteiger partial charge < -0.3 is 23.9 Å². The molecule has 3 heterocycles. The summed E-state index contributed by atoms with van der Waals surface area (Å²) in [5.74, 6) is 0.591. The number of piperazine rings is 1. The quantitative estimate of drug-likeness (QED) is 0.401. The van der Waals surface area contributed by atoms with E-state index < -0.39 is 0 Å². The van der Waals surface area contributed by atoms with Crippen LogP contribution >= 0.6 is 0 Å². The van der Waals surface area contributed by atoms with Crippen molar-refractivity contribution >= 4 is 28.5 Å². The van der Waals surface area contributed by atoms with E-state index in [1.165, 1.54) is 12.7 Å². The molecule has 9 nitrogen and oxygen atoms in total. The van der Waals surface area contributed by atoms with Gasteiger partial charge in [-0.1, -0.05) is 42.5 Å². The van der Waals surface area contributed by atoms with Gasteiger partial charge in [0.2, 0.25) is 11.7 Å². The van der Waals surface area contributed by atoms with Crippen LogP contribution in [0.25, 0.3) is 11.0 Å². The third-order valence-corrected chi connectivity index (χ3v) is 6.31. The molecule has 186 valence electrons. The summed E-state index contributed by atoms with van der Waals surface area (Å²) in [6.07, 6.45) is 0.508. The zero-order valence-corrected chi connectivity index (χ0v) is 20.1. The van der Waals surface area contributed by atoms with Gasteiger partial charge in [0.05, 0.1) is 7.11 Å². The van der Waals surface area contributed by atoms with Crippen molar-refractivity contribution in [2.24, 2.45) is 0 Å². The number of amides is 2. The number of para-hydroxylation sites is 1. The average Bonchev–Trinajstić information content (AvgIpc) is 3.53. The fourth-order valence-corrected chi connectivity index (χ4v) is 4.36. The Kier molecular flexibility index (Phi) is 6.99. The minimum Gasteiger partial charge on any atom is -0.479 e. The van der Waals surface area contributed by atoms with Crippen molar-refractivity contribution in [1.29, 1.82) is 0 Å². The molecule has 1 saturated heterocycles. The van der Waals surface area contributed by atoms with E-state index in [1.807, 2.05) is 36.4 Å². The molecule has 0 radical (unpaired) electrons. The SMILES string of the molecule is COc1cc(CCC(=O)Nc2c(C(=O)N3CCN(Cc4ccccc4)CC3)oc3ccccc23)on1. The van der Waals surface area contributed by atoms with Gasteiger partial charge in [0.1, 0.15) is 17.0 Å². The highest BCUT2D eigenvalue weighted by Crippen LogP contribution is 2.32. The van der Waals surface area contributed by atoms with Crippen LogP contribution in [0.4, 0.5) is 5.69 Å². The van der Waals surface area contributed by atoms with E-state index in [1.54, 1.807) is 17.0 Å². The fourth-order valence-electron chi connectivity index (χ4n) is 4.36. The van der Waals surface area contributed by atoms with Gasteiger partial charge in [-0.2, -0.15) is 0 Å². The molecule has 2 aromatic heterocycles. The van der Waals surface area contributed by atoms with Gasteiger partial charge >= 0.3 is 0 Å². The number of furan rings is 1. The highest BCUT2D eigenvalue weighted by atomic mass is 16.5. The van der Waals surface area contributed by atoms with Crippen LogP contribution in [-0.4, -0.2) is 60.1 Å². The monoisotopic (exact) mass is 488 g/mol. The van der Waals surface area contributed by atoms with Crippen molar-refractivity contribution in [3.8, 4) is 5.88 Å². The van der Waals surface area contributed by atoms with E-state index >= 15 is 0 Å². The molecule has 0 spiro atoms. The summed E-state index contributed by atoms with van der Waals surface area (Å²) in [6, 6.07) is 19.3. The summed E-state index contributed by atoms with van der Waals surface area (Å²) >= 11 is 0. The molecule has 36 heavy (non-hydrogen) atoms. The Balaban J connectivity index is 1.26. The molecule has 1 N–H and O–H groups in total. The molecule has 0 unspecified atom stereocenters. The van der Waals surface area contributed by atoms with Gasteiger partial charge in [0, 0.05) is 57.0 Å². The summed E-state index contributed by atoms with van der Waals surface area (Å²) in [5, 5.41) is 7.34. The van der Waals surface area contributed by atoms with Crippen LogP contribution in [0.15, 0.2) is 69.6 Å². The molecule has 0 saturated carbocycles. The van der Waals surface area contributed by atoms with Crippen LogP contribution < -0.4 is 10.1 Å². The number of rotatable bonds is 8. The lowest BCUT2D eigenvalue weighted by molar-refractivity contribution is -0.116. The highest BCUT2D eigenvalue weighted by molar-refractivity contribution is 6.10. The summed E-state index contributed by atoms with van der Waals surface area (Å²) in [6.45, 7) is 3.56. The van der Waals surface area contributed by atoms with E-state index in [0.29, 0.717) is 47.8 Å². The Hall–Kier alpha value is -4.11. The summed E-state index contributed by atoms with van der Waals surface area (Å²) < 4.78 is 16.1. The maximum absolute atomic E-state index is 13.5. The summed E-state index contributed by atoms with van der Waals surface area (Å²) in [7, 11) is 1.50.